The molecule has 1 nitrogen and oxygen atoms in total. The highest BCUT2D eigenvalue weighted by Crippen LogP contribution is 2.33. The zero-order valence-corrected chi connectivity index (χ0v) is 8.96. The van der Waals surface area contributed by atoms with E-state index in [2.05, 4.69) is 13.8 Å². The first-order valence-corrected chi connectivity index (χ1v) is 5.89. The van der Waals surface area contributed by atoms with Crippen LogP contribution in [0.4, 0.5) is 0 Å². The van der Waals surface area contributed by atoms with E-state index in [1.54, 1.807) is 0 Å². The van der Waals surface area contributed by atoms with Crippen LogP contribution in [0.15, 0.2) is 0 Å². The van der Waals surface area contributed by atoms with Crippen molar-refractivity contribution in [3.63, 3.8) is 0 Å². The Hall–Kier alpha value is -0.0400. The molecule has 0 aromatic heterocycles. The average molecular weight is 182 g/mol. The fourth-order valence-electron chi connectivity index (χ4n) is 2.83. The van der Waals surface area contributed by atoms with Gasteiger partial charge in [-0.3, -0.25) is 0 Å². The molecule has 0 heterocycles. The molecule has 2 rings (SSSR count). The van der Waals surface area contributed by atoms with E-state index in [-0.39, 0.29) is 0 Å². The normalized spacial score (nSPS) is 45.7. The average Bonchev–Trinajstić information content (AvgIpc) is 2.62. The maximum absolute atomic E-state index is 6.11. The summed E-state index contributed by atoms with van der Waals surface area (Å²) in [6.45, 7) is 4.70. The van der Waals surface area contributed by atoms with Gasteiger partial charge in [-0.15, -0.1) is 0 Å². The summed E-state index contributed by atoms with van der Waals surface area (Å²) in [4.78, 5) is 0. The van der Waals surface area contributed by atoms with Gasteiger partial charge < -0.3 is 4.74 Å². The van der Waals surface area contributed by atoms with E-state index in [0.29, 0.717) is 12.2 Å². The summed E-state index contributed by atoms with van der Waals surface area (Å²) in [6.07, 6.45) is 9.21. The maximum Gasteiger partial charge on any atom is 0.0581 e. The second kappa shape index (κ2) is 4.00. The van der Waals surface area contributed by atoms with Crippen LogP contribution in [0.1, 0.15) is 52.4 Å². The molecule has 0 bridgehead atoms. The lowest BCUT2D eigenvalue weighted by Crippen LogP contribution is -2.17. The molecule has 76 valence electrons. The van der Waals surface area contributed by atoms with Gasteiger partial charge in [-0.25, -0.2) is 0 Å². The minimum Gasteiger partial charge on any atom is -0.375 e. The first-order valence-electron chi connectivity index (χ1n) is 5.89. The summed E-state index contributed by atoms with van der Waals surface area (Å²) in [5.41, 5.74) is 0. The number of rotatable bonds is 2. The van der Waals surface area contributed by atoms with E-state index >= 15 is 0 Å². The predicted octanol–water partition coefficient (Wildman–Crippen LogP) is 3.38. The topological polar surface area (TPSA) is 9.23 Å². The third kappa shape index (κ3) is 2.46. The largest absolute Gasteiger partial charge is 0.375 e. The highest BCUT2D eigenvalue weighted by Gasteiger charge is 2.28. The minimum absolute atomic E-state index is 0.602. The third-order valence-electron chi connectivity index (χ3n) is 3.68. The van der Waals surface area contributed by atoms with Crippen molar-refractivity contribution in [2.24, 2.45) is 11.8 Å². The summed E-state index contributed by atoms with van der Waals surface area (Å²) >= 11 is 0. The van der Waals surface area contributed by atoms with Crippen LogP contribution in [-0.4, -0.2) is 12.2 Å². The van der Waals surface area contributed by atoms with Crippen molar-refractivity contribution in [1.29, 1.82) is 0 Å². The zero-order valence-electron chi connectivity index (χ0n) is 8.96. The van der Waals surface area contributed by atoms with Gasteiger partial charge in [-0.05, 0) is 50.4 Å². The van der Waals surface area contributed by atoms with Gasteiger partial charge in [0.15, 0.2) is 0 Å². The second-order valence-electron chi connectivity index (χ2n) is 5.22. The van der Waals surface area contributed by atoms with Gasteiger partial charge >= 0.3 is 0 Å². The van der Waals surface area contributed by atoms with Crippen LogP contribution in [0.2, 0.25) is 0 Å². The molecule has 2 saturated carbocycles. The summed E-state index contributed by atoms with van der Waals surface area (Å²) in [6, 6.07) is 0. The lowest BCUT2D eigenvalue weighted by molar-refractivity contribution is -0.00692. The van der Waals surface area contributed by atoms with Crippen LogP contribution in [0.3, 0.4) is 0 Å². The van der Waals surface area contributed by atoms with Crippen molar-refractivity contribution < 1.29 is 4.74 Å². The Labute approximate surface area is 81.9 Å². The number of hydrogen-bond donors (Lipinski definition) is 0. The van der Waals surface area contributed by atoms with Crippen molar-refractivity contribution >= 4 is 0 Å². The SMILES string of the molecule is CC1CCC(OC2CCC(C)C2)C1. The molecule has 0 aromatic rings. The molecule has 0 aromatic carbocycles. The molecule has 2 aliphatic carbocycles. The monoisotopic (exact) mass is 182 g/mol. The fourth-order valence-corrected chi connectivity index (χ4v) is 2.83. The molecule has 1 heteroatoms. The van der Waals surface area contributed by atoms with Gasteiger partial charge in [-0.1, -0.05) is 13.8 Å². The molecule has 4 unspecified atom stereocenters. The molecule has 2 fully saturated rings. The summed E-state index contributed by atoms with van der Waals surface area (Å²) in [5, 5.41) is 0. The summed E-state index contributed by atoms with van der Waals surface area (Å²) < 4.78 is 6.11. The van der Waals surface area contributed by atoms with Crippen LogP contribution in [-0.2, 0) is 4.74 Å². The smallest absolute Gasteiger partial charge is 0.0581 e. The first kappa shape index (κ1) is 9.51. The summed E-state index contributed by atoms with van der Waals surface area (Å²) in [5.74, 6) is 1.81. The van der Waals surface area contributed by atoms with Gasteiger partial charge in [0.2, 0.25) is 0 Å². The van der Waals surface area contributed by atoms with Crippen molar-refractivity contribution in [3.05, 3.63) is 0 Å². The lowest BCUT2D eigenvalue weighted by atomic mass is 10.1. The molecule has 0 radical (unpaired) electrons. The fraction of sp³-hybridized carbons (Fsp3) is 1.00. The molecule has 13 heavy (non-hydrogen) atoms. The van der Waals surface area contributed by atoms with Crippen LogP contribution >= 0.6 is 0 Å². The number of hydrogen-bond acceptors (Lipinski definition) is 1. The van der Waals surface area contributed by atoms with E-state index in [9.17, 15) is 0 Å². The van der Waals surface area contributed by atoms with Crippen LogP contribution < -0.4 is 0 Å². The standard InChI is InChI=1S/C12H22O/c1-9-3-5-11(7-9)13-12-6-4-10(2)8-12/h9-12H,3-8H2,1-2H3. The predicted molar refractivity (Wildman–Crippen MR) is 54.7 cm³/mol. The van der Waals surface area contributed by atoms with Crippen molar-refractivity contribution in [2.45, 2.75) is 64.6 Å². The van der Waals surface area contributed by atoms with Crippen molar-refractivity contribution in [2.75, 3.05) is 0 Å². The highest BCUT2D eigenvalue weighted by molar-refractivity contribution is 4.78. The second-order valence-corrected chi connectivity index (χ2v) is 5.22. The maximum atomic E-state index is 6.11. The van der Waals surface area contributed by atoms with Gasteiger partial charge in [0.25, 0.3) is 0 Å². The Morgan fingerprint density at radius 2 is 1.23 bits per heavy atom. The van der Waals surface area contributed by atoms with Gasteiger partial charge in [0.1, 0.15) is 0 Å². The Balaban J connectivity index is 1.72. The Bertz CT molecular complexity index is 149. The molecule has 0 amide bonds. The van der Waals surface area contributed by atoms with E-state index < -0.39 is 0 Å². The van der Waals surface area contributed by atoms with Gasteiger partial charge in [0, 0.05) is 0 Å². The Kier molecular flexibility index (Phi) is 2.92. The van der Waals surface area contributed by atoms with Gasteiger partial charge in [-0.2, -0.15) is 0 Å². The van der Waals surface area contributed by atoms with Crippen molar-refractivity contribution in [1.82, 2.24) is 0 Å². The molecule has 4 atom stereocenters. The van der Waals surface area contributed by atoms with Crippen LogP contribution in [0, 0.1) is 11.8 Å². The van der Waals surface area contributed by atoms with E-state index in [0.717, 1.165) is 11.8 Å². The molecular formula is C12H22O. The molecule has 0 spiro atoms. The lowest BCUT2D eigenvalue weighted by Gasteiger charge is -2.17. The number of ether oxygens (including phenoxy) is 1. The third-order valence-corrected chi connectivity index (χ3v) is 3.68. The highest BCUT2D eigenvalue weighted by atomic mass is 16.5. The molecule has 0 saturated heterocycles. The van der Waals surface area contributed by atoms with E-state index in [1.165, 1.54) is 38.5 Å². The minimum atomic E-state index is 0.602. The van der Waals surface area contributed by atoms with Gasteiger partial charge in [0.05, 0.1) is 12.2 Å². The van der Waals surface area contributed by atoms with Crippen LogP contribution in [0.5, 0.6) is 0 Å². The molecular weight excluding hydrogens is 160 g/mol. The summed E-state index contributed by atoms with van der Waals surface area (Å²) in [7, 11) is 0. The first-order chi connectivity index (χ1) is 6.24. The molecule has 0 N–H and O–H groups in total. The zero-order chi connectivity index (χ0) is 9.26. The molecule has 0 aliphatic heterocycles. The quantitative estimate of drug-likeness (QED) is 0.636. The van der Waals surface area contributed by atoms with E-state index in [4.69, 9.17) is 4.74 Å². The van der Waals surface area contributed by atoms with Crippen molar-refractivity contribution in [3.8, 4) is 0 Å². The van der Waals surface area contributed by atoms with Crippen LogP contribution in [0.25, 0.3) is 0 Å². The molecule has 2 aliphatic rings. The van der Waals surface area contributed by atoms with E-state index in [1.807, 2.05) is 0 Å². The Morgan fingerprint density at radius 3 is 1.54 bits per heavy atom. The Morgan fingerprint density at radius 1 is 0.769 bits per heavy atom.